The number of carboxylic acids is 1. The van der Waals surface area contributed by atoms with Gasteiger partial charge >= 0.3 is 17.7 Å². The van der Waals surface area contributed by atoms with E-state index in [1.807, 2.05) is 0 Å². The Morgan fingerprint density at radius 2 is 2.19 bits per heavy atom. The van der Waals surface area contributed by atoms with Crippen LogP contribution in [0.25, 0.3) is 0 Å². The number of likely N-dealkylation sites (tertiary alicyclic amines) is 1. The maximum absolute atomic E-state index is 13.4. The normalized spacial score (nSPS) is 17.6. The molecule has 1 unspecified atom stereocenters. The van der Waals surface area contributed by atoms with E-state index in [0.29, 0.717) is 12.8 Å². The van der Waals surface area contributed by atoms with Crippen LogP contribution in [0.3, 0.4) is 0 Å². The van der Waals surface area contributed by atoms with Gasteiger partial charge in [0.25, 0.3) is 0 Å². The van der Waals surface area contributed by atoms with Crippen LogP contribution in [-0.2, 0) is 4.79 Å². The zero-order valence-corrected chi connectivity index (χ0v) is 10.8. The fourth-order valence-electron chi connectivity index (χ4n) is 2.19. The molecule has 1 aromatic carbocycles. The molecular weight excluding hydrogens is 285 g/mol. The molecule has 1 heterocycles. The minimum atomic E-state index is -1.10. The molecule has 2 amide bonds. The van der Waals surface area contributed by atoms with Crippen molar-refractivity contribution in [3.05, 3.63) is 34.1 Å². The Morgan fingerprint density at radius 3 is 2.76 bits per heavy atom. The lowest BCUT2D eigenvalue weighted by atomic mass is 10.2. The molecule has 112 valence electrons. The molecule has 0 aromatic heterocycles. The molecule has 21 heavy (non-hydrogen) atoms. The summed E-state index contributed by atoms with van der Waals surface area (Å²) >= 11 is 0. The number of nitro benzene ring substituents is 1. The molecule has 0 radical (unpaired) electrons. The molecule has 0 spiro atoms. The quantitative estimate of drug-likeness (QED) is 0.652. The van der Waals surface area contributed by atoms with Gasteiger partial charge in [0.2, 0.25) is 5.82 Å². The molecule has 8 nitrogen and oxygen atoms in total. The monoisotopic (exact) mass is 297 g/mol. The van der Waals surface area contributed by atoms with Crippen molar-refractivity contribution in [3.63, 3.8) is 0 Å². The lowest BCUT2D eigenvalue weighted by Gasteiger charge is -2.21. The highest BCUT2D eigenvalue weighted by Gasteiger charge is 2.34. The Morgan fingerprint density at radius 1 is 1.48 bits per heavy atom. The van der Waals surface area contributed by atoms with Crippen LogP contribution in [0.4, 0.5) is 20.6 Å². The summed E-state index contributed by atoms with van der Waals surface area (Å²) in [6, 6.07) is 1.36. The second kappa shape index (κ2) is 5.73. The molecule has 0 bridgehead atoms. The molecule has 1 aliphatic heterocycles. The van der Waals surface area contributed by atoms with Gasteiger partial charge in [-0.25, -0.2) is 9.59 Å². The number of anilines is 1. The average molecular weight is 297 g/mol. The summed E-state index contributed by atoms with van der Waals surface area (Å²) in [6.07, 6.45) is 0.927. The van der Waals surface area contributed by atoms with Crippen molar-refractivity contribution in [2.75, 3.05) is 11.9 Å². The van der Waals surface area contributed by atoms with Crippen molar-refractivity contribution in [1.29, 1.82) is 0 Å². The van der Waals surface area contributed by atoms with Crippen molar-refractivity contribution in [2.45, 2.75) is 18.9 Å². The maximum Gasteiger partial charge on any atom is 0.326 e. The summed E-state index contributed by atoms with van der Waals surface area (Å²) in [5, 5.41) is 21.8. The maximum atomic E-state index is 13.4. The summed E-state index contributed by atoms with van der Waals surface area (Å²) in [4.78, 5) is 33.7. The number of nitro groups is 1. The van der Waals surface area contributed by atoms with Gasteiger partial charge in [0.15, 0.2) is 0 Å². The summed E-state index contributed by atoms with van der Waals surface area (Å²) in [5.74, 6) is -2.17. The van der Waals surface area contributed by atoms with Crippen molar-refractivity contribution >= 4 is 23.4 Å². The predicted octanol–water partition coefficient (Wildman–Crippen LogP) is 1.81. The van der Waals surface area contributed by atoms with Crippen LogP contribution >= 0.6 is 0 Å². The van der Waals surface area contributed by atoms with Gasteiger partial charge in [-0.3, -0.25) is 10.1 Å². The number of carbonyl (C=O) groups excluding carboxylic acids is 1. The molecule has 2 rings (SSSR count). The molecular formula is C12H12FN3O5. The molecule has 2 N–H and O–H groups in total. The van der Waals surface area contributed by atoms with Crippen molar-refractivity contribution in [3.8, 4) is 0 Å². The van der Waals surface area contributed by atoms with E-state index in [9.17, 15) is 24.1 Å². The number of carboxylic acid groups (broad SMARTS) is 1. The number of hydrogen-bond acceptors (Lipinski definition) is 4. The first-order valence-corrected chi connectivity index (χ1v) is 6.14. The first-order valence-electron chi connectivity index (χ1n) is 6.14. The van der Waals surface area contributed by atoms with Gasteiger partial charge in [-0.15, -0.1) is 0 Å². The van der Waals surface area contributed by atoms with E-state index in [4.69, 9.17) is 5.11 Å². The zero-order chi connectivity index (χ0) is 15.6. The van der Waals surface area contributed by atoms with Crippen LogP contribution in [0.5, 0.6) is 0 Å². The largest absolute Gasteiger partial charge is 0.480 e. The lowest BCUT2D eigenvalue weighted by Crippen LogP contribution is -2.42. The third-order valence-corrected chi connectivity index (χ3v) is 3.19. The fourth-order valence-corrected chi connectivity index (χ4v) is 2.19. The Kier molecular flexibility index (Phi) is 4.01. The second-order valence-electron chi connectivity index (χ2n) is 4.54. The van der Waals surface area contributed by atoms with Gasteiger partial charge in [-0.05, 0) is 18.9 Å². The van der Waals surface area contributed by atoms with Gasteiger partial charge in [-0.1, -0.05) is 0 Å². The van der Waals surface area contributed by atoms with E-state index in [1.54, 1.807) is 0 Å². The van der Waals surface area contributed by atoms with Gasteiger partial charge < -0.3 is 15.3 Å². The first kappa shape index (κ1) is 14.7. The molecule has 1 atom stereocenters. The number of rotatable bonds is 3. The number of amides is 2. The van der Waals surface area contributed by atoms with Crippen LogP contribution in [0.15, 0.2) is 18.2 Å². The van der Waals surface area contributed by atoms with Crippen LogP contribution in [0, 0.1) is 15.9 Å². The van der Waals surface area contributed by atoms with E-state index >= 15 is 0 Å². The van der Waals surface area contributed by atoms with Gasteiger partial charge in [0.05, 0.1) is 4.92 Å². The van der Waals surface area contributed by atoms with Crippen LogP contribution in [-0.4, -0.2) is 39.5 Å². The molecule has 9 heteroatoms. The fraction of sp³-hybridized carbons (Fsp3) is 0.333. The van der Waals surface area contributed by atoms with Crippen molar-refractivity contribution in [1.82, 2.24) is 4.90 Å². The third-order valence-electron chi connectivity index (χ3n) is 3.19. The van der Waals surface area contributed by atoms with Crippen molar-refractivity contribution < 1.29 is 24.0 Å². The van der Waals surface area contributed by atoms with Crippen LogP contribution in [0.2, 0.25) is 0 Å². The lowest BCUT2D eigenvalue weighted by molar-refractivity contribution is -0.387. The molecule has 0 saturated carbocycles. The van der Waals surface area contributed by atoms with Crippen molar-refractivity contribution in [2.24, 2.45) is 0 Å². The Balaban J connectivity index is 2.11. The minimum absolute atomic E-state index is 0.0270. The molecule has 1 aliphatic rings. The Labute approximate surface area is 118 Å². The number of urea groups is 1. The summed E-state index contributed by atoms with van der Waals surface area (Å²) in [5.41, 5.74) is -0.670. The number of hydrogen-bond donors (Lipinski definition) is 2. The predicted molar refractivity (Wildman–Crippen MR) is 69.4 cm³/mol. The standard InChI is InChI=1S/C12H12FN3O5/c13-8-6-7(3-4-9(8)16(20)21)14-12(19)15-5-1-2-10(15)11(17)18/h3-4,6,10H,1-2,5H2,(H,14,19)(H,17,18). The van der Waals surface area contributed by atoms with E-state index in [-0.39, 0.29) is 12.2 Å². The highest BCUT2D eigenvalue weighted by Crippen LogP contribution is 2.23. The Hall–Kier alpha value is -2.71. The highest BCUT2D eigenvalue weighted by molar-refractivity contribution is 5.92. The number of carbonyl (C=O) groups is 2. The molecule has 0 aliphatic carbocycles. The number of halogens is 1. The topological polar surface area (TPSA) is 113 Å². The summed E-state index contributed by atoms with van der Waals surface area (Å²) in [7, 11) is 0. The summed E-state index contributed by atoms with van der Waals surface area (Å²) < 4.78 is 13.4. The first-order chi connectivity index (χ1) is 9.90. The molecule has 1 saturated heterocycles. The van der Waals surface area contributed by atoms with Gasteiger partial charge in [0, 0.05) is 24.4 Å². The minimum Gasteiger partial charge on any atom is -0.480 e. The SMILES string of the molecule is O=C(O)C1CCCN1C(=O)Nc1ccc([N+](=O)[O-])c(F)c1. The number of benzene rings is 1. The number of aliphatic carboxylic acids is 1. The number of nitrogens with zero attached hydrogens (tertiary/aromatic N) is 2. The Bertz CT molecular complexity index is 607. The van der Waals surface area contributed by atoms with Gasteiger partial charge in [0.1, 0.15) is 6.04 Å². The van der Waals surface area contributed by atoms with Crippen LogP contribution in [0.1, 0.15) is 12.8 Å². The average Bonchev–Trinajstić information content (AvgIpc) is 2.87. The summed E-state index contributed by atoms with van der Waals surface area (Å²) in [6.45, 7) is 0.290. The van der Waals surface area contributed by atoms with E-state index in [2.05, 4.69) is 5.32 Å². The molecule has 1 fully saturated rings. The highest BCUT2D eigenvalue weighted by atomic mass is 19.1. The molecule has 1 aromatic rings. The second-order valence-corrected chi connectivity index (χ2v) is 4.54. The van der Waals surface area contributed by atoms with Gasteiger partial charge in [-0.2, -0.15) is 4.39 Å². The van der Waals surface area contributed by atoms with Crippen LogP contribution < -0.4 is 5.32 Å². The smallest absolute Gasteiger partial charge is 0.326 e. The van der Waals surface area contributed by atoms with E-state index < -0.39 is 34.5 Å². The van der Waals surface area contributed by atoms with E-state index in [0.717, 1.165) is 17.0 Å². The van der Waals surface area contributed by atoms with E-state index in [1.165, 1.54) is 6.07 Å². The third kappa shape index (κ3) is 3.07. The zero-order valence-electron chi connectivity index (χ0n) is 10.8. The number of nitrogens with one attached hydrogen (secondary N) is 1.